The molecule has 0 saturated carbocycles. The maximum atomic E-state index is 12.0. The largest absolute Gasteiger partial charge is 0.422 e. The van der Waals surface area contributed by atoms with Crippen LogP contribution >= 0.6 is 0 Å². The quantitative estimate of drug-likeness (QED) is 0.234. The van der Waals surface area contributed by atoms with Gasteiger partial charge in [0, 0.05) is 17.5 Å². The highest BCUT2D eigenvalue weighted by Gasteiger charge is 2.14. The van der Waals surface area contributed by atoms with Gasteiger partial charge in [-0.15, -0.1) is 0 Å². The highest BCUT2D eigenvalue weighted by atomic mass is 16.7. The number of rotatable bonds is 4. The van der Waals surface area contributed by atoms with Gasteiger partial charge in [0.1, 0.15) is 5.58 Å². The third-order valence-corrected chi connectivity index (χ3v) is 3.59. The molecule has 0 unspecified atom stereocenters. The number of oxime groups is 1. The number of nitrogens with zero attached hydrogens (tertiary/aromatic N) is 2. The van der Waals surface area contributed by atoms with E-state index in [4.69, 9.17) is 9.25 Å². The highest BCUT2D eigenvalue weighted by Crippen LogP contribution is 2.15. The van der Waals surface area contributed by atoms with Crippen LogP contribution in [0.4, 0.5) is 5.69 Å². The van der Waals surface area contributed by atoms with E-state index in [9.17, 15) is 19.7 Å². The van der Waals surface area contributed by atoms with Crippen molar-refractivity contribution in [3.63, 3.8) is 0 Å². The first-order valence-corrected chi connectivity index (χ1v) is 7.49. The van der Waals surface area contributed by atoms with Crippen LogP contribution in [0.2, 0.25) is 0 Å². The van der Waals surface area contributed by atoms with Crippen LogP contribution < -0.4 is 5.63 Å². The molecule has 1 heterocycles. The van der Waals surface area contributed by atoms with Gasteiger partial charge in [-0.1, -0.05) is 29.4 Å². The summed E-state index contributed by atoms with van der Waals surface area (Å²) in [5.74, 6) is -0.877. The van der Waals surface area contributed by atoms with E-state index in [1.165, 1.54) is 25.1 Å². The third kappa shape index (κ3) is 3.48. The number of para-hydroxylation sites is 1. The first-order chi connectivity index (χ1) is 12.5. The van der Waals surface area contributed by atoms with Crippen LogP contribution in [0.3, 0.4) is 0 Å². The molecule has 0 amide bonds. The Hall–Kier alpha value is -3.81. The number of non-ortho nitro benzene ring substituents is 1. The molecule has 0 bridgehead atoms. The van der Waals surface area contributed by atoms with Crippen LogP contribution in [0.5, 0.6) is 0 Å². The topological polar surface area (TPSA) is 112 Å². The summed E-state index contributed by atoms with van der Waals surface area (Å²) in [6, 6.07) is 13.6. The summed E-state index contributed by atoms with van der Waals surface area (Å²) in [6.07, 6.45) is 0. The molecule has 1 aromatic heterocycles. The van der Waals surface area contributed by atoms with Crippen molar-refractivity contribution >= 4 is 28.3 Å². The average Bonchev–Trinajstić information content (AvgIpc) is 2.65. The van der Waals surface area contributed by atoms with Gasteiger partial charge in [-0.25, -0.2) is 9.59 Å². The molecule has 0 atom stereocenters. The van der Waals surface area contributed by atoms with E-state index in [1.807, 2.05) is 0 Å². The second-order valence-electron chi connectivity index (χ2n) is 5.35. The van der Waals surface area contributed by atoms with Crippen molar-refractivity contribution in [2.24, 2.45) is 5.16 Å². The summed E-state index contributed by atoms with van der Waals surface area (Å²) >= 11 is 0. The standard InChI is InChI=1S/C18H12N2O6/c1-11(15-10-12-5-2-3-8-16(12)25-18(15)22)19-26-17(21)13-6-4-7-14(9-13)20(23)24/h2-10H,1H3. The van der Waals surface area contributed by atoms with Crippen molar-refractivity contribution in [1.29, 1.82) is 0 Å². The van der Waals surface area contributed by atoms with Crippen LogP contribution in [0.25, 0.3) is 11.0 Å². The first kappa shape index (κ1) is 17.0. The fourth-order valence-electron chi connectivity index (χ4n) is 2.27. The molecule has 0 N–H and O–H groups in total. The number of hydrogen-bond acceptors (Lipinski definition) is 7. The van der Waals surface area contributed by atoms with E-state index >= 15 is 0 Å². The average molecular weight is 352 g/mol. The molecule has 0 aliphatic rings. The predicted octanol–water partition coefficient (Wildman–Crippen LogP) is 3.28. The van der Waals surface area contributed by atoms with E-state index in [0.717, 1.165) is 6.07 Å². The van der Waals surface area contributed by atoms with Gasteiger partial charge in [0.05, 0.1) is 21.8 Å². The summed E-state index contributed by atoms with van der Waals surface area (Å²) in [4.78, 5) is 39.0. The van der Waals surface area contributed by atoms with Crippen molar-refractivity contribution in [3.05, 3.63) is 86.3 Å². The van der Waals surface area contributed by atoms with Gasteiger partial charge in [-0.05, 0) is 25.1 Å². The Morgan fingerprint density at radius 3 is 2.69 bits per heavy atom. The Labute approximate surface area is 146 Å². The molecule has 8 nitrogen and oxygen atoms in total. The molecule has 0 radical (unpaired) electrons. The van der Waals surface area contributed by atoms with E-state index in [2.05, 4.69) is 5.16 Å². The third-order valence-electron chi connectivity index (χ3n) is 3.59. The lowest BCUT2D eigenvalue weighted by atomic mass is 10.1. The molecular weight excluding hydrogens is 340 g/mol. The second-order valence-corrected chi connectivity index (χ2v) is 5.35. The number of benzene rings is 2. The normalized spacial score (nSPS) is 11.3. The maximum absolute atomic E-state index is 12.0. The number of nitro benzene ring substituents is 1. The minimum absolute atomic E-state index is 0.0266. The Morgan fingerprint density at radius 1 is 1.15 bits per heavy atom. The summed E-state index contributed by atoms with van der Waals surface area (Å²) in [7, 11) is 0. The van der Waals surface area contributed by atoms with Gasteiger partial charge < -0.3 is 9.25 Å². The van der Waals surface area contributed by atoms with E-state index in [0.29, 0.717) is 11.0 Å². The SMILES string of the molecule is CC(=NOC(=O)c1cccc([N+](=O)[O-])c1)c1cc2ccccc2oc1=O. The van der Waals surface area contributed by atoms with Crippen molar-refractivity contribution < 1.29 is 19.0 Å². The van der Waals surface area contributed by atoms with Crippen molar-refractivity contribution in [2.75, 3.05) is 0 Å². The molecule has 130 valence electrons. The lowest BCUT2D eigenvalue weighted by molar-refractivity contribution is -0.384. The molecule has 0 saturated heterocycles. The molecular formula is C18H12N2O6. The summed E-state index contributed by atoms with van der Waals surface area (Å²) < 4.78 is 5.20. The van der Waals surface area contributed by atoms with Gasteiger partial charge in [0.2, 0.25) is 0 Å². The Balaban J connectivity index is 1.85. The van der Waals surface area contributed by atoms with Gasteiger partial charge in [-0.3, -0.25) is 10.1 Å². The number of fused-ring (bicyclic) bond motifs is 1. The summed E-state index contributed by atoms with van der Waals surface area (Å²) in [5.41, 5.74) is -0.158. The number of carbonyl (C=O) groups excluding carboxylic acids is 1. The van der Waals surface area contributed by atoms with Gasteiger partial charge in [-0.2, -0.15) is 0 Å². The Morgan fingerprint density at radius 2 is 1.92 bits per heavy atom. The zero-order valence-corrected chi connectivity index (χ0v) is 13.5. The predicted molar refractivity (Wildman–Crippen MR) is 93.2 cm³/mol. The lowest BCUT2D eigenvalue weighted by Crippen LogP contribution is -2.13. The van der Waals surface area contributed by atoms with Crippen LogP contribution in [-0.4, -0.2) is 16.6 Å². The van der Waals surface area contributed by atoms with E-state index in [-0.39, 0.29) is 22.5 Å². The van der Waals surface area contributed by atoms with Gasteiger partial charge in [0.25, 0.3) is 5.69 Å². The number of nitro groups is 1. The molecule has 0 spiro atoms. The molecule has 0 aliphatic heterocycles. The van der Waals surface area contributed by atoms with Crippen molar-refractivity contribution in [2.45, 2.75) is 6.92 Å². The zero-order chi connectivity index (χ0) is 18.7. The van der Waals surface area contributed by atoms with Crippen LogP contribution in [0.1, 0.15) is 22.8 Å². The van der Waals surface area contributed by atoms with Crippen LogP contribution in [0.15, 0.2) is 69.0 Å². The molecule has 3 aromatic rings. The number of hydrogen-bond donors (Lipinski definition) is 0. The maximum Gasteiger partial charge on any atom is 0.365 e. The van der Waals surface area contributed by atoms with E-state index < -0.39 is 16.5 Å². The van der Waals surface area contributed by atoms with Gasteiger partial charge >= 0.3 is 11.6 Å². The molecule has 8 heteroatoms. The summed E-state index contributed by atoms with van der Waals surface area (Å²) in [6.45, 7) is 1.49. The van der Waals surface area contributed by atoms with E-state index in [1.54, 1.807) is 30.3 Å². The summed E-state index contributed by atoms with van der Waals surface area (Å²) in [5, 5.41) is 15.1. The minimum atomic E-state index is -0.877. The van der Waals surface area contributed by atoms with Crippen LogP contribution in [0, 0.1) is 10.1 Å². The molecule has 0 fully saturated rings. The molecule has 0 aliphatic carbocycles. The smallest absolute Gasteiger partial charge is 0.365 e. The molecule has 2 aromatic carbocycles. The molecule has 3 rings (SSSR count). The second kappa shape index (κ2) is 6.98. The zero-order valence-electron chi connectivity index (χ0n) is 13.5. The van der Waals surface area contributed by atoms with Crippen LogP contribution in [-0.2, 0) is 4.84 Å². The molecule has 26 heavy (non-hydrogen) atoms. The first-order valence-electron chi connectivity index (χ1n) is 7.49. The minimum Gasteiger partial charge on any atom is -0.422 e. The fourth-order valence-corrected chi connectivity index (χ4v) is 2.27. The van der Waals surface area contributed by atoms with Crippen molar-refractivity contribution in [1.82, 2.24) is 0 Å². The lowest BCUT2D eigenvalue weighted by Gasteiger charge is -2.02. The van der Waals surface area contributed by atoms with Gasteiger partial charge in [0.15, 0.2) is 0 Å². The monoisotopic (exact) mass is 352 g/mol. The van der Waals surface area contributed by atoms with Crippen molar-refractivity contribution in [3.8, 4) is 0 Å². The Kier molecular flexibility index (Phi) is 4.57. The number of carbonyl (C=O) groups is 1. The Bertz CT molecular complexity index is 1100. The highest BCUT2D eigenvalue weighted by molar-refractivity contribution is 6.00. The fraction of sp³-hybridized carbons (Fsp3) is 0.0556.